The molecule has 1 aliphatic heterocycles. The number of H-pyrrole nitrogens is 2. The summed E-state index contributed by atoms with van der Waals surface area (Å²) in [6.45, 7) is 0. The third kappa shape index (κ3) is 2.27. The van der Waals surface area contributed by atoms with Gasteiger partial charge in [-0.25, -0.2) is 9.79 Å². The predicted molar refractivity (Wildman–Crippen MR) is 101 cm³/mol. The summed E-state index contributed by atoms with van der Waals surface area (Å²) in [6.07, 6.45) is 0. The van der Waals surface area contributed by atoms with E-state index in [1.807, 2.05) is 12.1 Å². The van der Waals surface area contributed by atoms with Crippen LogP contribution in [0.15, 0.2) is 63.1 Å². The van der Waals surface area contributed by atoms with Gasteiger partial charge in [0.15, 0.2) is 5.78 Å². The zero-order valence-corrected chi connectivity index (χ0v) is 14.6. The minimum absolute atomic E-state index is 0.0828. The number of aromatic nitrogens is 2. The first-order chi connectivity index (χ1) is 13.0. The average Bonchev–Trinajstić information content (AvgIpc) is 2.93. The van der Waals surface area contributed by atoms with Crippen LogP contribution < -0.4 is 11.2 Å². The van der Waals surface area contributed by atoms with Crippen molar-refractivity contribution in [2.45, 2.75) is 5.92 Å². The second-order valence-corrected chi connectivity index (χ2v) is 7.02. The van der Waals surface area contributed by atoms with Gasteiger partial charge in [-0.3, -0.25) is 19.6 Å². The van der Waals surface area contributed by atoms with E-state index in [4.69, 9.17) is 11.6 Å². The van der Waals surface area contributed by atoms with Gasteiger partial charge in [0.05, 0.1) is 17.2 Å². The van der Waals surface area contributed by atoms with E-state index >= 15 is 0 Å². The highest BCUT2D eigenvalue weighted by Gasteiger charge is 2.47. The number of hydrogen-bond acceptors (Lipinski definition) is 4. The van der Waals surface area contributed by atoms with E-state index < -0.39 is 23.1 Å². The van der Waals surface area contributed by atoms with Crippen LogP contribution in [0.1, 0.15) is 33.0 Å². The molecule has 6 nitrogen and oxygen atoms in total. The lowest BCUT2D eigenvalue weighted by molar-refractivity contribution is 0.0953. The summed E-state index contributed by atoms with van der Waals surface area (Å²) in [5.41, 5.74) is 1.76. The number of fused-ring (bicyclic) bond motifs is 4. The van der Waals surface area contributed by atoms with Crippen molar-refractivity contribution in [1.82, 2.24) is 9.97 Å². The fourth-order valence-corrected chi connectivity index (χ4v) is 4.12. The lowest BCUT2D eigenvalue weighted by Crippen LogP contribution is -2.36. The van der Waals surface area contributed by atoms with Crippen LogP contribution in [0.3, 0.4) is 0 Å². The standard InChI is InChI=1S/C20H12ClN3O3/c21-10-7-5-9(6-8-10)13-14-16(11-3-1-2-4-12(11)17(14)25)22-18-15(13)19(26)24-20(27)23-18/h1-8,13-14H,(H2,23,24,26,27)/t13-,14?/m1/s1. The Kier molecular flexibility index (Phi) is 3.32. The number of carbonyl (C=O) groups is 1. The Hall–Kier alpha value is -3.25. The van der Waals surface area contributed by atoms with Gasteiger partial charge in [-0.2, -0.15) is 0 Å². The summed E-state index contributed by atoms with van der Waals surface area (Å²) in [5, 5.41) is 0.556. The van der Waals surface area contributed by atoms with E-state index in [-0.39, 0.29) is 17.2 Å². The van der Waals surface area contributed by atoms with Gasteiger partial charge in [-0.05, 0) is 17.7 Å². The van der Waals surface area contributed by atoms with E-state index in [1.54, 1.807) is 36.4 Å². The number of rotatable bonds is 1. The number of nitrogens with one attached hydrogen (secondary N) is 2. The lowest BCUT2D eigenvalue weighted by atomic mass is 9.76. The molecule has 0 amide bonds. The molecular formula is C20H12ClN3O3. The average molecular weight is 378 g/mol. The number of aromatic amines is 2. The van der Waals surface area contributed by atoms with Crippen molar-refractivity contribution in [3.05, 3.63) is 96.6 Å². The van der Waals surface area contributed by atoms with Gasteiger partial charge >= 0.3 is 5.69 Å². The second kappa shape index (κ2) is 5.62. The Labute approximate surface area is 157 Å². The molecule has 1 unspecified atom stereocenters. The summed E-state index contributed by atoms with van der Waals surface area (Å²) < 4.78 is 0. The molecule has 2 atom stereocenters. The van der Waals surface area contributed by atoms with Gasteiger partial charge in [0.2, 0.25) is 0 Å². The molecule has 5 rings (SSSR count). The first-order valence-corrected chi connectivity index (χ1v) is 8.76. The Morgan fingerprint density at radius 1 is 0.852 bits per heavy atom. The smallest absolute Gasteiger partial charge is 0.293 e. The molecule has 0 saturated carbocycles. The number of hydrogen-bond donors (Lipinski definition) is 2. The number of carbonyl (C=O) groups excluding carboxylic acids is 1. The maximum Gasteiger partial charge on any atom is 0.327 e. The molecule has 2 N–H and O–H groups in total. The normalized spacial score (nSPS) is 19.9. The van der Waals surface area contributed by atoms with Crippen molar-refractivity contribution in [2.75, 3.05) is 0 Å². The molecule has 2 aliphatic rings. The predicted octanol–water partition coefficient (Wildman–Crippen LogP) is 2.80. The molecule has 3 aromatic rings. The third-order valence-corrected chi connectivity index (χ3v) is 5.36. The van der Waals surface area contributed by atoms with Crippen LogP contribution in [0.4, 0.5) is 5.82 Å². The SMILES string of the molecule is O=C1c2ccccc2C2=Nc3[nH]c(=O)[nH]c(=O)c3[C@H](c3ccc(Cl)cc3)C12. The summed E-state index contributed by atoms with van der Waals surface area (Å²) >= 11 is 6.01. The highest BCUT2D eigenvalue weighted by atomic mass is 35.5. The molecular weight excluding hydrogens is 366 g/mol. The zero-order valence-electron chi connectivity index (χ0n) is 13.8. The van der Waals surface area contributed by atoms with Crippen LogP contribution in [-0.2, 0) is 0 Å². The van der Waals surface area contributed by atoms with Crippen molar-refractivity contribution in [3.63, 3.8) is 0 Å². The van der Waals surface area contributed by atoms with E-state index in [2.05, 4.69) is 15.0 Å². The van der Waals surface area contributed by atoms with E-state index in [1.165, 1.54) is 0 Å². The molecule has 7 heteroatoms. The fraction of sp³-hybridized carbons (Fsp3) is 0.100. The van der Waals surface area contributed by atoms with Crippen LogP contribution in [-0.4, -0.2) is 21.5 Å². The van der Waals surface area contributed by atoms with Crippen LogP contribution in [0.5, 0.6) is 0 Å². The summed E-state index contributed by atoms with van der Waals surface area (Å²) in [5.74, 6) is -1.08. The van der Waals surface area contributed by atoms with Crippen molar-refractivity contribution in [2.24, 2.45) is 10.9 Å². The molecule has 1 aliphatic carbocycles. The second-order valence-electron chi connectivity index (χ2n) is 6.58. The quantitative estimate of drug-likeness (QED) is 0.682. The number of aliphatic imine (C=N–C) groups is 1. The monoisotopic (exact) mass is 377 g/mol. The first kappa shape index (κ1) is 16.0. The number of Topliss-reactive ketones (excluding diaryl/α,β-unsaturated/α-hetero) is 1. The molecule has 27 heavy (non-hydrogen) atoms. The van der Waals surface area contributed by atoms with Crippen molar-refractivity contribution in [3.8, 4) is 0 Å². The Balaban J connectivity index is 1.85. The maximum atomic E-state index is 13.2. The number of ketones is 1. The number of nitrogens with zero attached hydrogens (tertiary/aromatic N) is 1. The molecule has 0 spiro atoms. The minimum Gasteiger partial charge on any atom is -0.293 e. The number of benzene rings is 2. The van der Waals surface area contributed by atoms with Gasteiger partial charge in [0.1, 0.15) is 5.82 Å². The summed E-state index contributed by atoms with van der Waals surface area (Å²) in [6, 6.07) is 14.2. The Morgan fingerprint density at radius 3 is 2.30 bits per heavy atom. The van der Waals surface area contributed by atoms with Crippen molar-refractivity contribution >= 4 is 28.9 Å². The molecule has 132 valence electrons. The molecule has 2 aromatic carbocycles. The molecule has 0 saturated heterocycles. The van der Waals surface area contributed by atoms with Crippen LogP contribution in [0.2, 0.25) is 5.02 Å². The molecule has 0 bridgehead atoms. The highest BCUT2D eigenvalue weighted by Crippen LogP contribution is 2.45. The van der Waals surface area contributed by atoms with Crippen molar-refractivity contribution in [1.29, 1.82) is 0 Å². The number of halogens is 1. The van der Waals surface area contributed by atoms with E-state index in [0.717, 1.165) is 11.1 Å². The van der Waals surface area contributed by atoms with E-state index in [9.17, 15) is 14.4 Å². The van der Waals surface area contributed by atoms with Gasteiger partial charge < -0.3 is 0 Å². The van der Waals surface area contributed by atoms with Crippen LogP contribution in [0.25, 0.3) is 0 Å². The van der Waals surface area contributed by atoms with Gasteiger partial charge in [0, 0.05) is 22.1 Å². The summed E-state index contributed by atoms with van der Waals surface area (Å²) in [4.78, 5) is 46.9. The fourth-order valence-electron chi connectivity index (χ4n) is 4.00. The molecule has 0 radical (unpaired) electrons. The van der Waals surface area contributed by atoms with Crippen LogP contribution >= 0.6 is 11.6 Å². The lowest BCUT2D eigenvalue weighted by Gasteiger charge is -2.28. The largest absolute Gasteiger partial charge is 0.327 e. The topological polar surface area (TPSA) is 95.2 Å². The summed E-state index contributed by atoms with van der Waals surface area (Å²) in [7, 11) is 0. The Morgan fingerprint density at radius 2 is 1.56 bits per heavy atom. The maximum absolute atomic E-state index is 13.2. The molecule has 0 fully saturated rings. The molecule has 2 heterocycles. The Bertz CT molecular complexity index is 1250. The van der Waals surface area contributed by atoms with Gasteiger partial charge in [-0.1, -0.05) is 48.0 Å². The van der Waals surface area contributed by atoms with Crippen molar-refractivity contribution < 1.29 is 4.79 Å². The van der Waals surface area contributed by atoms with Crippen LogP contribution in [0, 0.1) is 5.92 Å². The third-order valence-electron chi connectivity index (χ3n) is 5.11. The van der Waals surface area contributed by atoms with Gasteiger partial charge in [-0.15, -0.1) is 0 Å². The first-order valence-electron chi connectivity index (χ1n) is 8.39. The van der Waals surface area contributed by atoms with E-state index in [0.29, 0.717) is 16.3 Å². The zero-order chi connectivity index (χ0) is 18.7. The highest BCUT2D eigenvalue weighted by molar-refractivity contribution is 6.31. The minimum atomic E-state index is -0.631. The van der Waals surface area contributed by atoms with Gasteiger partial charge in [0.25, 0.3) is 5.56 Å². The molecule has 1 aromatic heterocycles.